The monoisotopic (exact) mass is 219 g/mol. The summed E-state index contributed by atoms with van der Waals surface area (Å²) in [5.41, 5.74) is 0.208. The molecular formula is C7H7BrFNO. The molecule has 1 heterocycles. The molecule has 0 aromatic carbocycles. The summed E-state index contributed by atoms with van der Waals surface area (Å²) in [6.07, 6.45) is 0.529. The molecule has 0 spiro atoms. The van der Waals surface area contributed by atoms with Crippen LogP contribution in [0.3, 0.4) is 0 Å². The largest absolute Gasteiger partial charge is 0.389 e. The van der Waals surface area contributed by atoms with Crippen LogP contribution in [0.5, 0.6) is 0 Å². The van der Waals surface area contributed by atoms with Crippen molar-refractivity contribution in [3.05, 3.63) is 28.2 Å². The van der Waals surface area contributed by atoms with Crippen LogP contribution in [-0.4, -0.2) is 10.1 Å². The lowest BCUT2D eigenvalue weighted by Gasteiger charge is -2.04. The van der Waals surface area contributed by atoms with E-state index in [2.05, 4.69) is 20.9 Å². The molecule has 4 heteroatoms. The normalized spacial score (nSPS) is 13.1. The van der Waals surface area contributed by atoms with Gasteiger partial charge in [-0.15, -0.1) is 0 Å². The molecule has 0 aliphatic rings. The van der Waals surface area contributed by atoms with E-state index in [9.17, 15) is 4.39 Å². The number of aliphatic hydroxyl groups is 1. The lowest BCUT2D eigenvalue weighted by Crippen LogP contribution is -1.97. The van der Waals surface area contributed by atoms with Crippen LogP contribution in [0.25, 0.3) is 0 Å². The average Bonchev–Trinajstić information content (AvgIpc) is 1.94. The Morgan fingerprint density at radius 1 is 1.73 bits per heavy atom. The number of nitrogens with zero attached hydrogens (tertiary/aromatic N) is 1. The highest BCUT2D eigenvalue weighted by Crippen LogP contribution is 2.18. The first-order chi connectivity index (χ1) is 5.11. The van der Waals surface area contributed by atoms with E-state index in [1.807, 2.05) is 0 Å². The van der Waals surface area contributed by atoms with Gasteiger partial charge in [-0.2, -0.15) is 4.39 Å². The fraction of sp³-hybridized carbons (Fsp3) is 0.286. The van der Waals surface area contributed by atoms with Crippen molar-refractivity contribution in [3.63, 3.8) is 0 Å². The smallest absolute Gasteiger partial charge is 0.218 e. The number of aliphatic hydroxyl groups excluding tert-OH is 1. The van der Waals surface area contributed by atoms with E-state index in [1.54, 1.807) is 0 Å². The standard InChI is InChI=1S/C7H7BrFNO/c1-4(11)6-2-5(8)3-10-7(6)9/h2-4,11H,1H3. The quantitative estimate of drug-likeness (QED) is 0.734. The first kappa shape index (κ1) is 8.62. The van der Waals surface area contributed by atoms with E-state index in [-0.39, 0.29) is 5.56 Å². The third kappa shape index (κ3) is 1.97. The third-order valence-electron chi connectivity index (χ3n) is 1.28. The van der Waals surface area contributed by atoms with Gasteiger partial charge in [0.05, 0.1) is 6.10 Å². The fourth-order valence-electron chi connectivity index (χ4n) is 0.731. The van der Waals surface area contributed by atoms with Gasteiger partial charge in [0.1, 0.15) is 0 Å². The molecule has 0 fully saturated rings. The Morgan fingerprint density at radius 2 is 2.36 bits per heavy atom. The Hall–Kier alpha value is -0.480. The Morgan fingerprint density at radius 3 is 2.82 bits per heavy atom. The van der Waals surface area contributed by atoms with E-state index in [0.717, 1.165) is 0 Å². The van der Waals surface area contributed by atoms with Gasteiger partial charge < -0.3 is 5.11 Å². The van der Waals surface area contributed by atoms with Gasteiger partial charge in [0.2, 0.25) is 5.95 Å². The van der Waals surface area contributed by atoms with Crippen LogP contribution in [0.15, 0.2) is 16.7 Å². The number of pyridine rings is 1. The predicted octanol–water partition coefficient (Wildman–Crippen LogP) is 2.04. The number of hydrogen-bond donors (Lipinski definition) is 1. The number of rotatable bonds is 1. The minimum Gasteiger partial charge on any atom is -0.389 e. The molecule has 2 nitrogen and oxygen atoms in total. The highest BCUT2D eigenvalue weighted by Gasteiger charge is 2.08. The maximum absolute atomic E-state index is 12.7. The molecule has 0 saturated carbocycles. The summed E-state index contributed by atoms with van der Waals surface area (Å²) in [6.45, 7) is 1.49. The van der Waals surface area contributed by atoms with Crippen LogP contribution in [-0.2, 0) is 0 Å². The van der Waals surface area contributed by atoms with Gasteiger partial charge in [0.25, 0.3) is 0 Å². The van der Waals surface area contributed by atoms with E-state index in [0.29, 0.717) is 4.47 Å². The summed E-state index contributed by atoms with van der Waals surface area (Å²) in [7, 11) is 0. The molecule has 1 aromatic rings. The molecule has 1 N–H and O–H groups in total. The lowest BCUT2D eigenvalue weighted by atomic mass is 10.2. The first-order valence-electron chi connectivity index (χ1n) is 3.10. The number of halogens is 2. The number of hydrogen-bond acceptors (Lipinski definition) is 2. The van der Waals surface area contributed by atoms with Gasteiger partial charge in [-0.25, -0.2) is 4.98 Å². The van der Waals surface area contributed by atoms with Crippen LogP contribution >= 0.6 is 15.9 Å². The van der Waals surface area contributed by atoms with Gasteiger partial charge in [0, 0.05) is 16.2 Å². The molecule has 0 saturated heterocycles. The summed E-state index contributed by atoms with van der Waals surface area (Å²) in [4.78, 5) is 3.43. The molecule has 0 aliphatic carbocycles. The highest BCUT2D eigenvalue weighted by atomic mass is 79.9. The van der Waals surface area contributed by atoms with Crippen molar-refractivity contribution < 1.29 is 9.50 Å². The Bertz CT molecular complexity index is 265. The van der Waals surface area contributed by atoms with Gasteiger partial charge in [-0.05, 0) is 28.9 Å². The van der Waals surface area contributed by atoms with Crippen molar-refractivity contribution in [2.75, 3.05) is 0 Å². The second kappa shape index (κ2) is 3.28. The molecule has 0 amide bonds. The zero-order chi connectivity index (χ0) is 8.43. The molecule has 1 unspecified atom stereocenters. The Labute approximate surface area is 72.2 Å². The SMILES string of the molecule is CC(O)c1cc(Br)cnc1F. The molecule has 11 heavy (non-hydrogen) atoms. The van der Waals surface area contributed by atoms with Gasteiger partial charge in [-0.3, -0.25) is 0 Å². The van der Waals surface area contributed by atoms with Crippen LogP contribution in [0.4, 0.5) is 4.39 Å². The Balaban J connectivity index is 3.13. The van der Waals surface area contributed by atoms with Gasteiger partial charge >= 0.3 is 0 Å². The summed E-state index contributed by atoms with van der Waals surface area (Å²) in [6, 6.07) is 1.51. The third-order valence-corrected chi connectivity index (χ3v) is 1.72. The molecular weight excluding hydrogens is 213 g/mol. The van der Waals surface area contributed by atoms with Crippen molar-refractivity contribution in [1.29, 1.82) is 0 Å². The summed E-state index contributed by atoms with van der Waals surface area (Å²) < 4.78 is 13.4. The molecule has 60 valence electrons. The summed E-state index contributed by atoms with van der Waals surface area (Å²) in [5.74, 6) is -0.622. The van der Waals surface area contributed by atoms with E-state index >= 15 is 0 Å². The predicted molar refractivity (Wildman–Crippen MR) is 42.5 cm³/mol. The number of aromatic nitrogens is 1. The molecule has 1 aromatic heterocycles. The van der Waals surface area contributed by atoms with Crippen molar-refractivity contribution in [1.82, 2.24) is 4.98 Å². The van der Waals surface area contributed by atoms with E-state index < -0.39 is 12.1 Å². The minimum atomic E-state index is -0.819. The maximum atomic E-state index is 12.7. The van der Waals surface area contributed by atoms with Crippen LogP contribution in [0.1, 0.15) is 18.6 Å². The highest BCUT2D eigenvalue weighted by molar-refractivity contribution is 9.10. The minimum absolute atomic E-state index is 0.208. The van der Waals surface area contributed by atoms with Crippen molar-refractivity contribution in [2.45, 2.75) is 13.0 Å². The van der Waals surface area contributed by atoms with Crippen LogP contribution in [0.2, 0.25) is 0 Å². The van der Waals surface area contributed by atoms with Crippen molar-refractivity contribution >= 4 is 15.9 Å². The lowest BCUT2D eigenvalue weighted by molar-refractivity contribution is 0.193. The zero-order valence-electron chi connectivity index (χ0n) is 5.88. The summed E-state index contributed by atoms with van der Waals surface area (Å²) in [5, 5.41) is 9.03. The molecule has 0 aliphatic heterocycles. The zero-order valence-corrected chi connectivity index (χ0v) is 7.47. The van der Waals surface area contributed by atoms with Gasteiger partial charge in [-0.1, -0.05) is 0 Å². The van der Waals surface area contributed by atoms with E-state index in [1.165, 1.54) is 19.2 Å². The van der Waals surface area contributed by atoms with E-state index in [4.69, 9.17) is 5.11 Å². The fourth-order valence-corrected chi connectivity index (χ4v) is 1.08. The molecule has 0 radical (unpaired) electrons. The molecule has 0 bridgehead atoms. The van der Waals surface area contributed by atoms with Crippen LogP contribution in [0, 0.1) is 5.95 Å². The summed E-state index contributed by atoms with van der Waals surface area (Å²) >= 11 is 3.12. The Kier molecular flexibility index (Phi) is 2.57. The first-order valence-corrected chi connectivity index (χ1v) is 3.89. The molecule has 1 atom stereocenters. The average molecular weight is 220 g/mol. The van der Waals surface area contributed by atoms with Gasteiger partial charge in [0.15, 0.2) is 0 Å². The molecule has 1 rings (SSSR count). The van der Waals surface area contributed by atoms with Crippen molar-refractivity contribution in [2.24, 2.45) is 0 Å². The maximum Gasteiger partial charge on any atom is 0.218 e. The van der Waals surface area contributed by atoms with Crippen molar-refractivity contribution in [3.8, 4) is 0 Å². The second-order valence-corrected chi connectivity index (χ2v) is 3.13. The van der Waals surface area contributed by atoms with Crippen LogP contribution < -0.4 is 0 Å². The second-order valence-electron chi connectivity index (χ2n) is 2.21. The topological polar surface area (TPSA) is 33.1 Å².